The van der Waals surface area contributed by atoms with Crippen LogP contribution in [0.3, 0.4) is 0 Å². The maximum Gasteiger partial charge on any atom is 0.233 e. The summed E-state index contributed by atoms with van der Waals surface area (Å²) in [4.78, 5) is 15.0. The Morgan fingerprint density at radius 1 is 1.40 bits per heavy atom. The van der Waals surface area contributed by atoms with E-state index in [1.54, 1.807) is 0 Å². The van der Waals surface area contributed by atoms with Crippen molar-refractivity contribution in [2.45, 2.75) is 37.3 Å². The first kappa shape index (κ1) is 14.1. The quantitative estimate of drug-likeness (QED) is 0.793. The van der Waals surface area contributed by atoms with Gasteiger partial charge < -0.3 is 9.64 Å². The fourth-order valence-corrected chi connectivity index (χ4v) is 3.37. The minimum absolute atomic E-state index is 0.113. The average molecular weight is 338 g/mol. The van der Waals surface area contributed by atoms with E-state index in [0.717, 1.165) is 18.2 Å². The van der Waals surface area contributed by atoms with Crippen LogP contribution in [0.25, 0.3) is 0 Å². The third kappa shape index (κ3) is 2.40. The van der Waals surface area contributed by atoms with E-state index < -0.39 is 0 Å². The van der Waals surface area contributed by atoms with Crippen LogP contribution in [0.5, 0.6) is 0 Å². The molecule has 1 aliphatic carbocycles. The molecule has 20 heavy (non-hydrogen) atoms. The number of ether oxygens (including phenoxy) is 1. The molecule has 4 heteroatoms. The molecular formula is C16H20BrNO2. The van der Waals surface area contributed by atoms with Gasteiger partial charge >= 0.3 is 0 Å². The zero-order chi connectivity index (χ0) is 14.2. The van der Waals surface area contributed by atoms with E-state index in [1.807, 2.05) is 23.1 Å². The molecular weight excluding hydrogens is 318 g/mol. The number of rotatable bonds is 3. The van der Waals surface area contributed by atoms with Crippen LogP contribution in [-0.2, 0) is 14.9 Å². The fourth-order valence-electron chi connectivity index (χ4n) is 2.98. The molecule has 0 N–H and O–H groups in total. The van der Waals surface area contributed by atoms with Gasteiger partial charge in [0.25, 0.3) is 0 Å². The molecule has 3 nitrogen and oxygen atoms in total. The van der Waals surface area contributed by atoms with Crippen LogP contribution in [0.1, 0.15) is 25.3 Å². The Hall–Kier alpha value is -0.870. The standard InChI is InChI=1S/C16H20BrNO2/c1-12-11-20-14(9-17)10-18(12)15(19)16(7-8-16)13-5-3-2-4-6-13/h2-6,12,14H,7-11H2,1H3. The number of morpholine rings is 1. The minimum Gasteiger partial charge on any atom is -0.373 e. The van der Waals surface area contributed by atoms with Crippen molar-refractivity contribution in [3.8, 4) is 0 Å². The van der Waals surface area contributed by atoms with E-state index in [9.17, 15) is 4.79 Å². The monoisotopic (exact) mass is 337 g/mol. The van der Waals surface area contributed by atoms with Gasteiger partial charge in [-0.15, -0.1) is 0 Å². The number of benzene rings is 1. The third-order valence-electron chi connectivity index (χ3n) is 4.42. The molecule has 1 saturated carbocycles. The highest BCUT2D eigenvalue weighted by Gasteiger charge is 2.54. The second kappa shape index (κ2) is 5.49. The summed E-state index contributed by atoms with van der Waals surface area (Å²) in [6.07, 6.45) is 2.05. The van der Waals surface area contributed by atoms with Crippen LogP contribution in [0.2, 0.25) is 0 Å². The number of halogens is 1. The Kier molecular flexibility index (Phi) is 3.87. The Labute approximate surface area is 128 Å². The van der Waals surface area contributed by atoms with Gasteiger partial charge in [-0.05, 0) is 25.3 Å². The summed E-state index contributed by atoms with van der Waals surface area (Å²) in [5.41, 5.74) is 0.906. The zero-order valence-electron chi connectivity index (χ0n) is 11.7. The molecule has 0 spiro atoms. The van der Waals surface area contributed by atoms with Crippen LogP contribution in [0.15, 0.2) is 30.3 Å². The number of carbonyl (C=O) groups is 1. The largest absolute Gasteiger partial charge is 0.373 e. The molecule has 1 saturated heterocycles. The molecule has 2 atom stereocenters. The highest BCUT2D eigenvalue weighted by Crippen LogP contribution is 2.50. The fraction of sp³-hybridized carbons (Fsp3) is 0.562. The number of hydrogen-bond donors (Lipinski definition) is 0. The molecule has 1 amide bonds. The molecule has 0 bridgehead atoms. The molecule has 2 unspecified atom stereocenters. The first-order valence-corrected chi connectivity index (χ1v) is 8.34. The van der Waals surface area contributed by atoms with E-state index in [2.05, 4.69) is 35.0 Å². The number of nitrogens with zero attached hydrogens (tertiary/aromatic N) is 1. The second-order valence-corrected chi connectivity index (χ2v) is 6.51. The molecule has 108 valence electrons. The summed E-state index contributed by atoms with van der Waals surface area (Å²) >= 11 is 3.46. The molecule has 1 aliphatic heterocycles. The Morgan fingerprint density at radius 2 is 2.10 bits per heavy atom. The van der Waals surface area contributed by atoms with Crippen molar-refractivity contribution in [2.75, 3.05) is 18.5 Å². The first-order valence-electron chi connectivity index (χ1n) is 7.21. The maximum atomic E-state index is 13.0. The molecule has 1 heterocycles. The molecule has 0 aromatic heterocycles. The van der Waals surface area contributed by atoms with Crippen molar-refractivity contribution in [1.82, 2.24) is 4.90 Å². The number of carbonyl (C=O) groups excluding carboxylic acids is 1. The molecule has 1 aromatic rings. The number of alkyl halides is 1. The SMILES string of the molecule is CC1COC(CBr)CN1C(=O)C1(c2ccccc2)CC1. The predicted octanol–water partition coefficient (Wildman–Crippen LogP) is 2.73. The highest BCUT2D eigenvalue weighted by atomic mass is 79.9. The topological polar surface area (TPSA) is 29.5 Å². The minimum atomic E-state index is -0.260. The van der Waals surface area contributed by atoms with Crippen LogP contribution < -0.4 is 0 Å². The van der Waals surface area contributed by atoms with Crippen LogP contribution in [0, 0.1) is 0 Å². The van der Waals surface area contributed by atoms with Gasteiger partial charge in [0.05, 0.1) is 24.2 Å². The van der Waals surface area contributed by atoms with E-state index in [4.69, 9.17) is 4.74 Å². The van der Waals surface area contributed by atoms with Gasteiger partial charge in [0.15, 0.2) is 0 Å². The van der Waals surface area contributed by atoms with Crippen LogP contribution in [0.4, 0.5) is 0 Å². The lowest BCUT2D eigenvalue weighted by molar-refractivity contribution is -0.145. The van der Waals surface area contributed by atoms with Gasteiger partial charge in [0, 0.05) is 11.9 Å². The molecule has 3 rings (SSSR count). The second-order valence-electron chi connectivity index (χ2n) is 5.86. The molecule has 2 aliphatic rings. The van der Waals surface area contributed by atoms with Crippen molar-refractivity contribution in [1.29, 1.82) is 0 Å². The predicted molar refractivity (Wildman–Crippen MR) is 82.1 cm³/mol. The molecule has 1 aromatic carbocycles. The Balaban J connectivity index is 1.81. The molecule has 2 fully saturated rings. The van der Waals surface area contributed by atoms with Gasteiger partial charge in [0.1, 0.15) is 0 Å². The van der Waals surface area contributed by atoms with Gasteiger partial charge in [-0.1, -0.05) is 46.3 Å². The summed E-state index contributed by atoms with van der Waals surface area (Å²) in [5, 5.41) is 0.780. The average Bonchev–Trinajstić information content (AvgIpc) is 3.30. The first-order chi connectivity index (χ1) is 9.67. The lowest BCUT2D eigenvalue weighted by atomic mass is 9.93. The van der Waals surface area contributed by atoms with Crippen molar-refractivity contribution in [3.05, 3.63) is 35.9 Å². The van der Waals surface area contributed by atoms with Gasteiger partial charge in [-0.2, -0.15) is 0 Å². The van der Waals surface area contributed by atoms with Gasteiger partial charge in [-0.25, -0.2) is 0 Å². The summed E-state index contributed by atoms with van der Waals surface area (Å²) in [5.74, 6) is 0.283. The van der Waals surface area contributed by atoms with E-state index >= 15 is 0 Å². The van der Waals surface area contributed by atoms with Crippen molar-refractivity contribution < 1.29 is 9.53 Å². The van der Waals surface area contributed by atoms with Crippen LogP contribution in [-0.4, -0.2) is 41.4 Å². The van der Waals surface area contributed by atoms with Crippen molar-refractivity contribution in [2.24, 2.45) is 0 Å². The van der Waals surface area contributed by atoms with Crippen molar-refractivity contribution >= 4 is 21.8 Å². The highest BCUT2D eigenvalue weighted by molar-refractivity contribution is 9.09. The third-order valence-corrected chi connectivity index (χ3v) is 5.15. The van der Waals surface area contributed by atoms with E-state index in [1.165, 1.54) is 5.56 Å². The lowest BCUT2D eigenvalue weighted by Crippen LogP contribution is -2.54. The maximum absolute atomic E-state index is 13.0. The summed E-state index contributed by atoms with van der Waals surface area (Å²) in [7, 11) is 0. The Morgan fingerprint density at radius 3 is 2.70 bits per heavy atom. The summed E-state index contributed by atoms with van der Waals surface area (Å²) in [6.45, 7) is 3.40. The van der Waals surface area contributed by atoms with Gasteiger partial charge in [0.2, 0.25) is 5.91 Å². The molecule has 0 radical (unpaired) electrons. The summed E-state index contributed by atoms with van der Waals surface area (Å²) < 4.78 is 5.72. The number of hydrogen-bond acceptors (Lipinski definition) is 2. The van der Waals surface area contributed by atoms with Gasteiger partial charge in [-0.3, -0.25) is 4.79 Å². The zero-order valence-corrected chi connectivity index (χ0v) is 13.3. The smallest absolute Gasteiger partial charge is 0.233 e. The van der Waals surface area contributed by atoms with E-state index in [0.29, 0.717) is 13.2 Å². The summed E-state index contributed by atoms with van der Waals surface area (Å²) in [6, 6.07) is 10.4. The number of amides is 1. The van der Waals surface area contributed by atoms with E-state index in [-0.39, 0.29) is 23.5 Å². The van der Waals surface area contributed by atoms with Crippen molar-refractivity contribution in [3.63, 3.8) is 0 Å². The normalized spacial score (nSPS) is 28.2. The van der Waals surface area contributed by atoms with Crippen LogP contribution >= 0.6 is 15.9 Å². The lowest BCUT2D eigenvalue weighted by Gasteiger charge is -2.39. The Bertz CT molecular complexity index is 487.